The van der Waals surface area contributed by atoms with Gasteiger partial charge in [0.25, 0.3) is 0 Å². The van der Waals surface area contributed by atoms with Crippen LogP contribution in [0.25, 0.3) is 0 Å². The molecule has 1 atom stereocenters. The molecule has 0 spiro atoms. The van der Waals surface area contributed by atoms with Crippen LogP contribution >= 0.6 is 12.6 Å². The van der Waals surface area contributed by atoms with E-state index in [4.69, 9.17) is 4.74 Å². The third-order valence-electron chi connectivity index (χ3n) is 3.31. The summed E-state index contributed by atoms with van der Waals surface area (Å²) in [6.45, 7) is 4.91. The molecule has 3 nitrogen and oxygen atoms in total. The Morgan fingerprint density at radius 3 is 2.48 bits per heavy atom. The minimum atomic E-state index is -0.454. The van der Waals surface area contributed by atoms with Crippen molar-refractivity contribution in [2.24, 2.45) is 5.92 Å². The number of aromatic hydroxyl groups is 1. The molecule has 0 aliphatic rings. The molecule has 0 saturated heterocycles. The van der Waals surface area contributed by atoms with Crippen LogP contribution in [0.3, 0.4) is 0 Å². The van der Waals surface area contributed by atoms with Gasteiger partial charge in [0.1, 0.15) is 11.0 Å². The van der Waals surface area contributed by atoms with Crippen molar-refractivity contribution in [3.05, 3.63) is 29.8 Å². The van der Waals surface area contributed by atoms with Crippen LogP contribution in [0.15, 0.2) is 24.3 Å². The Hall–Kier alpha value is -1.16. The van der Waals surface area contributed by atoms with Gasteiger partial charge in [0.15, 0.2) is 0 Å². The average Bonchev–Trinajstić information content (AvgIpc) is 2.44. The van der Waals surface area contributed by atoms with Crippen LogP contribution in [0.5, 0.6) is 5.75 Å². The number of ether oxygens (including phenoxy) is 1. The van der Waals surface area contributed by atoms with Crippen molar-refractivity contribution in [2.75, 3.05) is 6.61 Å². The van der Waals surface area contributed by atoms with E-state index >= 15 is 0 Å². The molecule has 0 amide bonds. The summed E-state index contributed by atoms with van der Waals surface area (Å²) in [6.07, 6.45) is 4.94. The number of carbonyl (C=O) groups excluding carboxylic acids is 1. The zero-order chi connectivity index (χ0) is 15.7. The molecule has 0 bridgehead atoms. The monoisotopic (exact) mass is 310 g/mol. The standard InChI is InChI=1S/C17H26O3S/c1-13(2)6-4-3-5-11-20-17(19)16(21)12-14-7-9-15(18)10-8-14/h7-10,13,16,18,21H,3-6,11-12H2,1-2H3. The lowest BCUT2D eigenvalue weighted by atomic mass is 10.1. The first-order valence-corrected chi connectivity index (χ1v) is 8.13. The van der Waals surface area contributed by atoms with E-state index < -0.39 is 5.25 Å². The number of benzene rings is 1. The predicted molar refractivity (Wildman–Crippen MR) is 88.8 cm³/mol. The number of phenolic OH excluding ortho intramolecular Hbond substituents is 1. The Bertz CT molecular complexity index is 415. The molecular formula is C17H26O3S. The van der Waals surface area contributed by atoms with Gasteiger partial charge in [0, 0.05) is 0 Å². The van der Waals surface area contributed by atoms with Crippen LogP contribution in [-0.4, -0.2) is 22.9 Å². The molecule has 0 heterocycles. The van der Waals surface area contributed by atoms with Crippen molar-refractivity contribution in [1.82, 2.24) is 0 Å². The third-order valence-corrected chi connectivity index (χ3v) is 3.70. The van der Waals surface area contributed by atoms with Gasteiger partial charge in [-0.1, -0.05) is 45.2 Å². The SMILES string of the molecule is CC(C)CCCCCOC(=O)C(S)Cc1ccc(O)cc1. The van der Waals surface area contributed by atoms with Crippen LogP contribution in [0.2, 0.25) is 0 Å². The highest BCUT2D eigenvalue weighted by Crippen LogP contribution is 2.14. The summed E-state index contributed by atoms with van der Waals surface area (Å²) in [6, 6.07) is 6.79. The Morgan fingerprint density at radius 1 is 1.19 bits per heavy atom. The lowest BCUT2D eigenvalue weighted by molar-refractivity contribution is -0.143. The lowest BCUT2D eigenvalue weighted by Gasteiger charge is -2.11. The van der Waals surface area contributed by atoms with Crippen LogP contribution < -0.4 is 0 Å². The molecule has 0 aromatic heterocycles. The van der Waals surface area contributed by atoms with E-state index in [9.17, 15) is 9.90 Å². The molecule has 1 N–H and O–H groups in total. The number of hydrogen-bond acceptors (Lipinski definition) is 4. The maximum absolute atomic E-state index is 11.8. The summed E-state index contributed by atoms with van der Waals surface area (Å²) in [5.74, 6) is 0.688. The molecule has 21 heavy (non-hydrogen) atoms. The average molecular weight is 310 g/mol. The van der Waals surface area contributed by atoms with Crippen molar-refractivity contribution in [1.29, 1.82) is 0 Å². The zero-order valence-corrected chi connectivity index (χ0v) is 13.8. The maximum atomic E-state index is 11.8. The molecule has 118 valence electrons. The van der Waals surface area contributed by atoms with Gasteiger partial charge in [-0.15, -0.1) is 0 Å². The highest BCUT2D eigenvalue weighted by atomic mass is 32.1. The quantitative estimate of drug-likeness (QED) is 0.412. The van der Waals surface area contributed by atoms with Crippen LogP contribution in [-0.2, 0) is 16.0 Å². The van der Waals surface area contributed by atoms with E-state index in [2.05, 4.69) is 26.5 Å². The Kier molecular flexibility index (Phi) is 8.28. The summed E-state index contributed by atoms with van der Waals surface area (Å²) in [5, 5.41) is 8.76. The molecule has 0 saturated carbocycles. The largest absolute Gasteiger partial charge is 0.508 e. The summed E-state index contributed by atoms with van der Waals surface area (Å²) >= 11 is 4.30. The molecule has 0 radical (unpaired) electrons. The summed E-state index contributed by atoms with van der Waals surface area (Å²) < 4.78 is 5.24. The molecule has 1 aromatic carbocycles. The molecule has 4 heteroatoms. The second-order valence-corrected chi connectivity index (χ2v) is 6.42. The molecule has 1 aromatic rings. The fourth-order valence-electron chi connectivity index (χ4n) is 2.04. The van der Waals surface area contributed by atoms with E-state index in [1.807, 2.05) is 0 Å². The van der Waals surface area contributed by atoms with Gasteiger partial charge in [-0.25, -0.2) is 0 Å². The van der Waals surface area contributed by atoms with Gasteiger partial charge in [0.2, 0.25) is 0 Å². The zero-order valence-electron chi connectivity index (χ0n) is 12.9. The Balaban J connectivity index is 2.18. The number of thiol groups is 1. The van der Waals surface area contributed by atoms with E-state index in [0.29, 0.717) is 13.0 Å². The number of carbonyl (C=O) groups is 1. The number of phenols is 1. The van der Waals surface area contributed by atoms with Gasteiger partial charge in [0.05, 0.1) is 6.61 Å². The number of unbranched alkanes of at least 4 members (excludes halogenated alkanes) is 2. The highest BCUT2D eigenvalue weighted by molar-refractivity contribution is 7.81. The Labute approximate surface area is 133 Å². The van der Waals surface area contributed by atoms with Gasteiger partial charge in [-0.05, 0) is 36.5 Å². The first kappa shape index (κ1) is 17.9. The minimum absolute atomic E-state index is 0.221. The number of esters is 1. The molecule has 1 rings (SSSR count). The fourth-order valence-corrected chi connectivity index (χ4v) is 2.32. The van der Waals surface area contributed by atoms with E-state index in [-0.39, 0.29) is 11.7 Å². The maximum Gasteiger partial charge on any atom is 0.319 e. The van der Waals surface area contributed by atoms with Crippen molar-refractivity contribution in [3.63, 3.8) is 0 Å². The molecule has 1 unspecified atom stereocenters. The molecular weight excluding hydrogens is 284 g/mol. The molecule has 0 aliphatic heterocycles. The second-order valence-electron chi connectivity index (χ2n) is 5.80. The molecule has 0 aliphatic carbocycles. The number of hydrogen-bond donors (Lipinski definition) is 2. The summed E-state index contributed by atoms with van der Waals surface area (Å²) in [4.78, 5) is 11.8. The van der Waals surface area contributed by atoms with Crippen LogP contribution in [0.4, 0.5) is 0 Å². The lowest BCUT2D eigenvalue weighted by Crippen LogP contribution is -2.20. The first-order valence-electron chi connectivity index (χ1n) is 7.61. The second kappa shape index (κ2) is 9.72. The van der Waals surface area contributed by atoms with Gasteiger partial charge in [-0.3, -0.25) is 4.79 Å². The van der Waals surface area contributed by atoms with Crippen molar-refractivity contribution < 1.29 is 14.6 Å². The van der Waals surface area contributed by atoms with Gasteiger partial charge in [-0.2, -0.15) is 12.6 Å². The summed E-state index contributed by atoms with van der Waals surface area (Å²) in [5.41, 5.74) is 0.960. The summed E-state index contributed by atoms with van der Waals surface area (Å²) in [7, 11) is 0. The third kappa shape index (κ3) is 8.00. The smallest absolute Gasteiger partial charge is 0.319 e. The van der Waals surface area contributed by atoms with Crippen molar-refractivity contribution >= 4 is 18.6 Å². The van der Waals surface area contributed by atoms with Crippen molar-refractivity contribution in [3.8, 4) is 5.75 Å². The fraction of sp³-hybridized carbons (Fsp3) is 0.588. The Morgan fingerprint density at radius 2 is 1.86 bits per heavy atom. The van der Waals surface area contributed by atoms with E-state index in [0.717, 1.165) is 24.3 Å². The van der Waals surface area contributed by atoms with Crippen LogP contribution in [0, 0.1) is 5.92 Å². The number of rotatable bonds is 9. The predicted octanol–water partition coefficient (Wildman–Crippen LogP) is 3.99. The first-order chi connectivity index (χ1) is 9.99. The topological polar surface area (TPSA) is 46.5 Å². The normalized spacial score (nSPS) is 12.4. The minimum Gasteiger partial charge on any atom is -0.508 e. The van der Waals surface area contributed by atoms with Gasteiger partial charge >= 0.3 is 5.97 Å². The van der Waals surface area contributed by atoms with Crippen molar-refractivity contribution in [2.45, 2.75) is 51.2 Å². The highest BCUT2D eigenvalue weighted by Gasteiger charge is 2.15. The van der Waals surface area contributed by atoms with Gasteiger partial charge < -0.3 is 9.84 Å². The van der Waals surface area contributed by atoms with E-state index in [1.165, 1.54) is 12.8 Å². The molecule has 0 fully saturated rings. The van der Waals surface area contributed by atoms with Crippen LogP contribution in [0.1, 0.15) is 45.1 Å². The van der Waals surface area contributed by atoms with E-state index in [1.54, 1.807) is 24.3 Å².